The standard InChI is InChI=1S/C17H14FNO3S/c18-13-5-1-4-12(10-13)16(20)19-11-17(21,14-6-2-8-22-14)15-7-3-9-23-15/h1-10,21H,11H2,(H,19,20). The van der Waals surface area contributed by atoms with Crippen LogP contribution in [0.1, 0.15) is 21.0 Å². The fourth-order valence-corrected chi connectivity index (χ4v) is 3.09. The summed E-state index contributed by atoms with van der Waals surface area (Å²) >= 11 is 1.36. The van der Waals surface area contributed by atoms with E-state index in [0.29, 0.717) is 10.6 Å². The Labute approximate surface area is 136 Å². The van der Waals surface area contributed by atoms with E-state index in [0.717, 1.165) is 6.07 Å². The molecular weight excluding hydrogens is 317 g/mol. The number of benzene rings is 1. The average Bonchev–Trinajstić information content (AvgIpc) is 3.25. The third kappa shape index (κ3) is 3.18. The second-order valence-corrected chi connectivity index (χ2v) is 5.96. The molecule has 2 heterocycles. The molecule has 2 aromatic heterocycles. The van der Waals surface area contributed by atoms with Crippen LogP contribution in [-0.2, 0) is 5.60 Å². The van der Waals surface area contributed by atoms with Gasteiger partial charge in [-0.05, 0) is 41.8 Å². The number of carbonyl (C=O) groups is 1. The minimum absolute atomic E-state index is 0.0869. The van der Waals surface area contributed by atoms with Gasteiger partial charge >= 0.3 is 0 Å². The molecule has 0 bridgehead atoms. The molecule has 0 fully saturated rings. The number of hydrogen-bond acceptors (Lipinski definition) is 4. The minimum atomic E-state index is -1.47. The Bertz CT molecular complexity index is 750. The molecule has 3 aromatic rings. The van der Waals surface area contributed by atoms with Crippen molar-refractivity contribution in [2.75, 3.05) is 6.54 Å². The molecule has 0 spiro atoms. The molecule has 0 aliphatic carbocycles. The predicted octanol–water partition coefficient (Wildman–Crippen LogP) is 3.15. The van der Waals surface area contributed by atoms with Crippen LogP contribution in [0.2, 0.25) is 0 Å². The molecule has 3 rings (SSSR count). The SMILES string of the molecule is O=C(NCC(O)(c1ccco1)c1cccs1)c1cccc(F)c1. The zero-order valence-electron chi connectivity index (χ0n) is 12.0. The lowest BCUT2D eigenvalue weighted by Gasteiger charge is -2.25. The number of rotatable bonds is 5. The second kappa shape index (κ2) is 6.36. The summed E-state index contributed by atoms with van der Waals surface area (Å²) < 4.78 is 18.5. The first kappa shape index (κ1) is 15.5. The average molecular weight is 331 g/mol. The summed E-state index contributed by atoms with van der Waals surface area (Å²) in [5.41, 5.74) is -1.28. The van der Waals surface area contributed by atoms with Gasteiger partial charge in [0.15, 0.2) is 5.60 Å². The zero-order chi connectivity index (χ0) is 16.3. The monoisotopic (exact) mass is 331 g/mol. The van der Waals surface area contributed by atoms with Crippen molar-refractivity contribution in [3.63, 3.8) is 0 Å². The number of halogens is 1. The molecule has 0 radical (unpaired) electrons. The molecule has 0 saturated heterocycles. The first-order valence-electron chi connectivity index (χ1n) is 6.94. The molecule has 0 saturated carbocycles. The van der Waals surface area contributed by atoms with E-state index >= 15 is 0 Å². The van der Waals surface area contributed by atoms with Gasteiger partial charge in [-0.1, -0.05) is 12.1 Å². The van der Waals surface area contributed by atoms with Crippen molar-refractivity contribution in [3.05, 3.63) is 82.2 Å². The molecule has 118 valence electrons. The molecule has 1 atom stereocenters. The van der Waals surface area contributed by atoms with Crippen molar-refractivity contribution in [3.8, 4) is 0 Å². The summed E-state index contributed by atoms with van der Waals surface area (Å²) in [5, 5.41) is 15.5. The van der Waals surface area contributed by atoms with Crippen LogP contribution in [-0.4, -0.2) is 17.6 Å². The molecular formula is C17H14FNO3S. The fraction of sp³-hybridized carbons (Fsp3) is 0.118. The van der Waals surface area contributed by atoms with Crippen LogP contribution in [0.3, 0.4) is 0 Å². The lowest BCUT2D eigenvalue weighted by molar-refractivity contribution is 0.0554. The predicted molar refractivity (Wildman–Crippen MR) is 84.8 cm³/mol. The number of hydrogen-bond donors (Lipinski definition) is 2. The van der Waals surface area contributed by atoms with Crippen LogP contribution in [0, 0.1) is 5.82 Å². The molecule has 6 heteroatoms. The Kier molecular flexibility index (Phi) is 4.27. The maximum atomic E-state index is 13.2. The van der Waals surface area contributed by atoms with Crippen molar-refractivity contribution in [2.24, 2.45) is 0 Å². The van der Waals surface area contributed by atoms with Gasteiger partial charge in [0.1, 0.15) is 11.6 Å². The summed E-state index contributed by atoms with van der Waals surface area (Å²) in [6.07, 6.45) is 1.46. The van der Waals surface area contributed by atoms with Gasteiger partial charge in [0.25, 0.3) is 5.91 Å². The number of carbonyl (C=O) groups excluding carboxylic acids is 1. The van der Waals surface area contributed by atoms with Gasteiger partial charge in [-0.15, -0.1) is 11.3 Å². The van der Waals surface area contributed by atoms with E-state index in [9.17, 15) is 14.3 Å². The van der Waals surface area contributed by atoms with E-state index in [1.807, 2.05) is 11.4 Å². The summed E-state index contributed by atoms with van der Waals surface area (Å²) in [4.78, 5) is 12.8. The van der Waals surface area contributed by atoms with E-state index in [1.54, 1.807) is 18.2 Å². The molecule has 1 aromatic carbocycles. The molecule has 2 N–H and O–H groups in total. The molecule has 1 amide bonds. The highest BCUT2D eigenvalue weighted by atomic mass is 32.1. The summed E-state index contributed by atoms with van der Waals surface area (Å²) in [6.45, 7) is -0.0869. The van der Waals surface area contributed by atoms with Crippen LogP contribution < -0.4 is 5.32 Å². The van der Waals surface area contributed by atoms with Gasteiger partial charge in [0.05, 0.1) is 12.8 Å². The Balaban J connectivity index is 1.82. The summed E-state index contributed by atoms with van der Waals surface area (Å²) in [5.74, 6) is -0.622. The fourth-order valence-electron chi connectivity index (χ4n) is 2.26. The largest absolute Gasteiger partial charge is 0.466 e. The Hall–Kier alpha value is -2.44. The minimum Gasteiger partial charge on any atom is -0.466 e. The van der Waals surface area contributed by atoms with Crippen LogP contribution in [0.4, 0.5) is 4.39 Å². The Morgan fingerprint density at radius 3 is 2.78 bits per heavy atom. The Morgan fingerprint density at radius 2 is 2.13 bits per heavy atom. The summed E-state index contributed by atoms with van der Waals surface area (Å²) in [6, 6.07) is 12.3. The van der Waals surface area contributed by atoms with Gasteiger partial charge < -0.3 is 14.8 Å². The zero-order valence-corrected chi connectivity index (χ0v) is 12.8. The first-order valence-corrected chi connectivity index (χ1v) is 7.82. The van der Waals surface area contributed by atoms with Crippen LogP contribution in [0.25, 0.3) is 0 Å². The maximum absolute atomic E-state index is 13.2. The van der Waals surface area contributed by atoms with Gasteiger partial charge in [-0.25, -0.2) is 4.39 Å². The topological polar surface area (TPSA) is 62.5 Å². The molecule has 4 nitrogen and oxygen atoms in total. The highest BCUT2D eigenvalue weighted by Crippen LogP contribution is 2.32. The van der Waals surface area contributed by atoms with E-state index in [2.05, 4.69) is 5.32 Å². The quantitative estimate of drug-likeness (QED) is 0.755. The lowest BCUT2D eigenvalue weighted by Crippen LogP contribution is -2.41. The van der Waals surface area contributed by atoms with E-state index in [-0.39, 0.29) is 12.1 Å². The number of amides is 1. The van der Waals surface area contributed by atoms with Crippen molar-refractivity contribution in [2.45, 2.75) is 5.60 Å². The van der Waals surface area contributed by atoms with Crippen molar-refractivity contribution in [1.29, 1.82) is 0 Å². The molecule has 0 aliphatic heterocycles. The van der Waals surface area contributed by atoms with Crippen LogP contribution >= 0.6 is 11.3 Å². The van der Waals surface area contributed by atoms with Crippen LogP contribution in [0.15, 0.2) is 64.6 Å². The lowest BCUT2D eigenvalue weighted by atomic mass is 9.98. The number of aliphatic hydroxyl groups is 1. The highest BCUT2D eigenvalue weighted by Gasteiger charge is 2.36. The molecule has 23 heavy (non-hydrogen) atoms. The van der Waals surface area contributed by atoms with Crippen molar-refractivity contribution in [1.82, 2.24) is 5.32 Å². The number of furan rings is 1. The van der Waals surface area contributed by atoms with Gasteiger partial charge in [-0.3, -0.25) is 4.79 Å². The molecule has 0 aliphatic rings. The van der Waals surface area contributed by atoms with E-state index in [4.69, 9.17) is 4.42 Å². The second-order valence-electron chi connectivity index (χ2n) is 5.01. The van der Waals surface area contributed by atoms with Crippen molar-refractivity contribution < 1.29 is 18.7 Å². The third-order valence-electron chi connectivity index (χ3n) is 3.45. The molecule has 1 unspecified atom stereocenters. The maximum Gasteiger partial charge on any atom is 0.251 e. The normalized spacial score (nSPS) is 13.5. The van der Waals surface area contributed by atoms with Gasteiger partial charge in [0.2, 0.25) is 0 Å². The van der Waals surface area contributed by atoms with Gasteiger partial charge in [0, 0.05) is 10.4 Å². The number of nitrogens with one attached hydrogen (secondary N) is 1. The van der Waals surface area contributed by atoms with Gasteiger partial charge in [-0.2, -0.15) is 0 Å². The number of thiophene rings is 1. The van der Waals surface area contributed by atoms with E-state index < -0.39 is 17.3 Å². The van der Waals surface area contributed by atoms with Crippen LogP contribution in [0.5, 0.6) is 0 Å². The Morgan fingerprint density at radius 1 is 1.26 bits per heavy atom. The van der Waals surface area contributed by atoms with Crippen molar-refractivity contribution >= 4 is 17.2 Å². The summed E-state index contributed by atoms with van der Waals surface area (Å²) in [7, 11) is 0. The van der Waals surface area contributed by atoms with E-state index in [1.165, 1.54) is 35.8 Å². The highest BCUT2D eigenvalue weighted by molar-refractivity contribution is 7.10. The smallest absolute Gasteiger partial charge is 0.251 e. The first-order chi connectivity index (χ1) is 11.1. The third-order valence-corrected chi connectivity index (χ3v) is 4.47.